The largest absolute Gasteiger partial charge is 0.469 e. The van der Waals surface area contributed by atoms with E-state index in [1.165, 1.54) is 22.3 Å². The SMILES string of the molecule is Cc1ccc(C(CCC(C)COP(=O)(O)O)c2ccc(C)cc2)cc1. The molecular formula is C20H27O4P. The van der Waals surface area contributed by atoms with Crippen molar-refractivity contribution in [3.8, 4) is 0 Å². The Labute approximate surface area is 150 Å². The van der Waals surface area contributed by atoms with Crippen LogP contribution in [0.15, 0.2) is 48.5 Å². The van der Waals surface area contributed by atoms with Crippen LogP contribution in [0.25, 0.3) is 0 Å². The van der Waals surface area contributed by atoms with Gasteiger partial charge in [0, 0.05) is 5.92 Å². The summed E-state index contributed by atoms with van der Waals surface area (Å²) < 4.78 is 15.5. The molecule has 1 atom stereocenters. The summed E-state index contributed by atoms with van der Waals surface area (Å²) in [5, 5.41) is 0. The second-order valence-corrected chi connectivity index (χ2v) is 8.08. The summed E-state index contributed by atoms with van der Waals surface area (Å²) in [6.07, 6.45) is 1.73. The second kappa shape index (κ2) is 8.77. The maximum atomic E-state index is 10.9. The van der Waals surface area contributed by atoms with Crippen molar-refractivity contribution in [2.45, 2.75) is 39.5 Å². The van der Waals surface area contributed by atoms with Crippen molar-refractivity contribution in [3.63, 3.8) is 0 Å². The van der Waals surface area contributed by atoms with E-state index < -0.39 is 7.82 Å². The molecule has 0 saturated heterocycles. The van der Waals surface area contributed by atoms with E-state index in [1.807, 2.05) is 6.92 Å². The van der Waals surface area contributed by atoms with Crippen LogP contribution in [0.2, 0.25) is 0 Å². The molecule has 2 aromatic rings. The van der Waals surface area contributed by atoms with Crippen molar-refractivity contribution < 1.29 is 18.9 Å². The minimum Gasteiger partial charge on any atom is -0.303 e. The number of aryl methyl sites for hydroxylation is 2. The standard InChI is InChI=1S/C20H27O4P/c1-15-4-9-18(10-5-15)20(19-11-6-16(2)7-12-19)13-8-17(3)14-24-25(21,22)23/h4-7,9-12,17,20H,8,13-14H2,1-3H3,(H2,21,22,23). The zero-order valence-corrected chi connectivity index (χ0v) is 15.9. The minimum atomic E-state index is -4.39. The van der Waals surface area contributed by atoms with Crippen LogP contribution in [-0.4, -0.2) is 16.4 Å². The molecule has 4 nitrogen and oxygen atoms in total. The van der Waals surface area contributed by atoms with Gasteiger partial charge < -0.3 is 9.79 Å². The molecule has 2 rings (SSSR count). The number of hydrogen-bond donors (Lipinski definition) is 2. The lowest BCUT2D eigenvalue weighted by atomic mass is 9.85. The van der Waals surface area contributed by atoms with E-state index in [9.17, 15) is 4.57 Å². The van der Waals surface area contributed by atoms with Crippen LogP contribution < -0.4 is 0 Å². The van der Waals surface area contributed by atoms with Crippen LogP contribution in [0.1, 0.15) is 47.9 Å². The molecule has 0 aromatic heterocycles. The molecule has 136 valence electrons. The summed E-state index contributed by atoms with van der Waals surface area (Å²) in [5.74, 6) is 0.338. The van der Waals surface area contributed by atoms with Gasteiger partial charge in [-0.1, -0.05) is 66.6 Å². The van der Waals surface area contributed by atoms with Gasteiger partial charge in [-0.15, -0.1) is 0 Å². The summed E-state index contributed by atoms with van der Waals surface area (Å²) in [4.78, 5) is 17.7. The van der Waals surface area contributed by atoms with Crippen molar-refractivity contribution in [1.29, 1.82) is 0 Å². The first-order chi connectivity index (χ1) is 11.7. The summed E-state index contributed by atoms with van der Waals surface area (Å²) in [6.45, 7) is 6.17. The van der Waals surface area contributed by atoms with Gasteiger partial charge >= 0.3 is 7.82 Å². The Bertz CT molecular complexity index is 658. The van der Waals surface area contributed by atoms with Crippen LogP contribution in [0.4, 0.5) is 0 Å². The molecule has 0 fully saturated rings. The Balaban J connectivity index is 2.11. The first-order valence-electron chi connectivity index (χ1n) is 8.58. The fraction of sp³-hybridized carbons (Fsp3) is 0.400. The molecule has 0 amide bonds. The molecule has 0 heterocycles. The molecule has 0 radical (unpaired) electrons. The third kappa shape index (κ3) is 6.75. The van der Waals surface area contributed by atoms with E-state index in [4.69, 9.17) is 9.79 Å². The highest BCUT2D eigenvalue weighted by molar-refractivity contribution is 7.46. The Morgan fingerprint density at radius 1 is 0.880 bits per heavy atom. The lowest BCUT2D eigenvalue weighted by Gasteiger charge is -2.21. The Morgan fingerprint density at radius 2 is 1.32 bits per heavy atom. The number of benzene rings is 2. The van der Waals surface area contributed by atoms with Crippen molar-refractivity contribution in [2.75, 3.05) is 6.61 Å². The van der Waals surface area contributed by atoms with Crippen molar-refractivity contribution in [2.24, 2.45) is 5.92 Å². The highest BCUT2D eigenvalue weighted by Crippen LogP contribution is 2.37. The first kappa shape index (κ1) is 19.9. The average molecular weight is 362 g/mol. The second-order valence-electron chi connectivity index (χ2n) is 6.84. The van der Waals surface area contributed by atoms with Gasteiger partial charge in [-0.2, -0.15) is 0 Å². The molecule has 0 aliphatic carbocycles. The quantitative estimate of drug-likeness (QED) is 0.651. The van der Waals surface area contributed by atoms with E-state index in [1.54, 1.807) is 0 Å². The molecule has 2 aromatic carbocycles. The summed E-state index contributed by atoms with van der Waals surface area (Å²) in [5.41, 5.74) is 4.99. The van der Waals surface area contributed by atoms with E-state index in [2.05, 4.69) is 66.9 Å². The van der Waals surface area contributed by atoms with Gasteiger partial charge in [-0.25, -0.2) is 4.57 Å². The van der Waals surface area contributed by atoms with E-state index >= 15 is 0 Å². The predicted molar refractivity (Wildman–Crippen MR) is 101 cm³/mol. The third-order valence-corrected chi connectivity index (χ3v) is 4.92. The lowest BCUT2D eigenvalue weighted by Crippen LogP contribution is -2.09. The summed E-state index contributed by atoms with van der Waals surface area (Å²) in [6, 6.07) is 17.1. The zero-order chi connectivity index (χ0) is 18.4. The summed E-state index contributed by atoms with van der Waals surface area (Å²) in [7, 11) is -4.39. The third-order valence-electron chi connectivity index (χ3n) is 4.43. The van der Waals surface area contributed by atoms with Gasteiger partial charge in [0.1, 0.15) is 0 Å². The van der Waals surface area contributed by atoms with Gasteiger partial charge in [0.05, 0.1) is 6.61 Å². The maximum absolute atomic E-state index is 10.9. The molecule has 0 bridgehead atoms. The Kier molecular flexibility index (Phi) is 6.97. The molecule has 5 heteroatoms. The van der Waals surface area contributed by atoms with Gasteiger partial charge in [0.25, 0.3) is 0 Å². The zero-order valence-electron chi connectivity index (χ0n) is 15.1. The average Bonchev–Trinajstić information content (AvgIpc) is 2.55. The smallest absolute Gasteiger partial charge is 0.303 e. The fourth-order valence-electron chi connectivity index (χ4n) is 2.88. The normalized spacial score (nSPS) is 13.2. The highest BCUT2D eigenvalue weighted by atomic mass is 31.2. The Hall–Kier alpha value is -1.45. The number of phosphoric ester groups is 1. The molecule has 2 N–H and O–H groups in total. The van der Waals surface area contributed by atoms with Crippen LogP contribution in [0.3, 0.4) is 0 Å². The maximum Gasteiger partial charge on any atom is 0.469 e. The van der Waals surface area contributed by atoms with E-state index in [-0.39, 0.29) is 18.4 Å². The fourth-order valence-corrected chi connectivity index (χ4v) is 3.33. The Morgan fingerprint density at radius 3 is 1.72 bits per heavy atom. The van der Waals surface area contributed by atoms with Gasteiger partial charge in [0.2, 0.25) is 0 Å². The van der Waals surface area contributed by atoms with Crippen LogP contribution in [-0.2, 0) is 9.09 Å². The van der Waals surface area contributed by atoms with Crippen LogP contribution in [0.5, 0.6) is 0 Å². The predicted octanol–water partition coefficient (Wildman–Crippen LogP) is 4.96. The highest BCUT2D eigenvalue weighted by Gasteiger charge is 2.19. The molecule has 25 heavy (non-hydrogen) atoms. The van der Waals surface area contributed by atoms with Crippen LogP contribution in [0, 0.1) is 19.8 Å². The first-order valence-corrected chi connectivity index (χ1v) is 10.1. The topological polar surface area (TPSA) is 66.8 Å². The monoisotopic (exact) mass is 362 g/mol. The van der Waals surface area contributed by atoms with E-state index in [0.717, 1.165) is 12.8 Å². The van der Waals surface area contributed by atoms with Crippen LogP contribution >= 0.6 is 7.82 Å². The summed E-state index contributed by atoms with van der Waals surface area (Å²) >= 11 is 0. The minimum absolute atomic E-state index is 0.0682. The molecule has 1 unspecified atom stereocenters. The van der Waals surface area contributed by atoms with Crippen molar-refractivity contribution in [3.05, 3.63) is 70.8 Å². The molecule has 0 saturated carbocycles. The number of rotatable bonds is 8. The number of phosphoric acid groups is 1. The number of hydrogen-bond acceptors (Lipinski definition) is 2. The van der Waals surface area contributed by atoms with Gasteiger partial charge in [-0.05, 0) is 43.7 Å². The lowest BCUT2D eigenvalue weighted by molar-refractivity contribution is 0.168. The van der Waals surface area contributed by atoms with Crippen molar-refractivity contribution >= 4 is 7.82 Å². The van der Waals surface area contributed by atoms with Gasteiger partial charge in [-0.3, -0.25) is 4.52 Å². The molecule has 0 aliphatic heterocycles. The van der Waals surface area contributed by atoms with Crippen molar-refractivity contribution in [1.82, 2.24) is 0 Å². The van der Waals surface area contributed by atoms with E-state index in [0.29, 0.717) is 0 Å². The molecule has 0 aliphatic rings. The molecule has 0 spiro atoms. The molecular weight excluding hydrogens is 335 g/mol. The van der Waals surface area contributed by atoms with Gasteiger partial charge in [0.15, 0.2) is 0 Å².